The lowest BCUT2D eigenvalue weighted by molar-refractivity contribution is 0.0952. The van der Waals surface area contributed by atoms with Crippen LogP contribution in [0.4, 0.5) is 5.69 Å². The Labute approximate surface area is 130 Å². The molecule has 0 radical (unpaired) electrons. The van der Waals surface area contributed by atoms with Gasteiger partial charge in [-0.3, -0.25) is 9.59 Å². The van der Waals surface area contributed by atoms with Crippen molar-refractivity contribution in [3.8, 4) is 0 Å². The van der Waals surface area contributed by atoms with Gasteiger partial charge in [-0.2, -0.15) is 0 Å². The molecular weight excluding hydrogens is 278 g/mol. The standard InChI is InChI=1S/C17H21N3O2/c1-19(2)14-8-6-13(7-9-14)10-11-18-16(21)15-5-4-12-20(3)17(15)22/h4-9,12H,10-11H2,1-3H3,(H,18,21). The molecule has 2 rings (SSSR count). The first kappa shape index (κ1) is 15.8. The minimum Gasteiger partial charge on any atom is -0.378 e. The van der Waals surface area contributed by atoms with Crippen molar-refractivity contribution < 1.29 is 4.79 Å². The summed E-state index contributed by atoms with van der Waals surface area (Å²) in [6, 6.07) is 11.4. The SMILES string of the molecule is CN(C)c1ccc(CCNC(=O)c2cccn(C)c2=O)cc1. The maximum Gasteiger partial charge on any atom is 0.263 e. The molecule has 116 valence electrons. The van der Waals surface area contributed by atoms with E-state index in [1.807, 2.05) is 43.3 Å². The Morgan fingerprint density at radius 2 is 1.86 bits per heavy atom. The van der Waals surface area contributed by atoms with Crippen LogP contribution in [0, 0.1) is 0 Å². The smallest absolute Gasteiger partial charge is 0.263 e. The van der Waals surface area contributed by atoms with E-state index in [0.717, 1.165) is 17.7 Å². The van der Waals surface area contributed by atoms with Gasteiger partial charge in [0.1, 0.15) is 5.56 Å². The molecular formula is C17H21N3O2. The molecule has 0 spiro atoms. The third kappa shape index (κ3) is 3.75. The van der Waals surface area contributed by atoms with Crippen LogP contribution in [0.25, 0.3) is 0 Å². The van der Waals surface area contributed by atoms with E-state index in [1.54, 1.807) is 25.4 Å². The molecule has 0 saturated carbocycles. The van der Waals surface area contributed by atoms with Crippen LogP contribution in [0.15, 0.2) is 47.4 Å². The maximum absolute atomic E-state index is 12.0. The summed E-state index contributed by atoms with van der Waals surface area (Å²) in [5.74, 6) is -0.328. The first-order chi connectivity index (χ1) is 10.5. The summed E-state index contributed by atoms with van der Waals surface area (Å²) in [7, 11) is 5.62. The van der Waals surface area contributed by atoms with Crippen LogP contribution in [0.1, 0.15) is 15.9 Å². The Hall–Kier alpha value is -2.56. The Balaban J connectivity index is 1.92. The molecule has 2 aromatic rings. The minimum atomic E-state index is -0.328. The van der Waals surface area contributed by atoms with Gasteiger partial charge >= 0.3 is 0 Å². The number of carbonyl (C=O) groups is 1. The van der Waals surface area contributed by atoms with E-state index in [2.05, 4.69) is 5.32 Å². The monoisotopic (exact) mass is 299 g/mol. The van der Waals surface area contributed by atoms with E-state index in [1.165, 1.54) is 4.57 Å². The highest BCUT2D eigenvalue weighted by Crippen LogP contribution is 2.12. The lowest BCUT2D eigenvalue weighted by Crippen LogP contribution is -2.32. The second kappa shape index (κ2) is 6.93. The van der Waals surface area contributed by atoms with E-state index in [4.69, 9.17) is 0 Å². The molecule has 1 aromatic carbocycles. The number of anilines is 1. The Kier molecular flexibility index (Phi) is 4.99. The van der Waals surface area contributed by atoms with Gasteiger partial charge in [-0.15, -0.1) is 0 Å². The molecule has 1 heterocycles. The summed E-state index contributed by atoms with van der Waals surface area (Å²) in [6.45, 7) is 0.498. The number of rotatable bonds is 5. The summed E-state index contributed by atoms with van der Waals surface area (Å²) < 4.78 is 1.40. The number of amides is 1. The van der Waals surface area contributed by atoms with Crippen LogP contribution in [-0.4, -0.2) is 31.1 Å². The average Bonchev–Trinajstić information content (AvgIpc) is 2.50. The molecule has 1 N–H and O–H groups in total. The molecule has 22 heavy (non-hydrogen) atoms. The first-order valence-electron chi connectivity index (χ1n) is 7.19. The Bertz CT molecular complexity index is 703. The number of aryl methyl sites for hydroxylation is 1. The number of pyridine rings is 1. The first-order valence-corrected chi connectivity index (χ1v) is 7.19. The van der Waals surface area contributed by atoms with Gasteiger partial charge in [0.05, 0.1) is 0 Å². The van der Waals surface area contributed by atoms with Gasteiger partial charge in [0.15, 0.2) is 0 Å². The Morgan fingerprint density at radius 1 is 1.18 bits per heavy atom. The van der Waals surface area contributed by atoms with Crippen LogP contribution in [0.2, 0.25) is 0 Å². The minimum absolute atomic E-state index is 0.174. The van der Waals surface area contributed by atoms with Gasteiger partial charge in [0.25, 0.3) is 11.5 Å². The predicted octanol–water partition coefficient (Wildman–Crippen LogP) is 1.42. The van der Waals surface area contributed by atoms with Crippen LogP contribution >= 0.6 is 0 Å². The number of nitrogens with zero attached hydrogens (tertiary/aromatic N) is 2. The van der Waals surface area contributed by atoms with Crippen molar-refractivity contribution in [2.24, 2.45) is 7.05 Å². The van der Waals surface area contributed by atoms with Crippen LogP contribution < -0.4 is 15.8 Å². The predicted molar refractivity (Wildman–Crippen MR) is 88.5 cm³/mol. The Morgan fingerprint density at radius 3 is 2.50 bits per heavy atom. The van der Waals surface area contributed by atoms with Gasteiger partial charge in [0.2, 0.25) is 0 Å². The fraction of sp³-hybridized carbons (Fsp3) is 0.294. The molecule has 0 bridgehead atoms. The van der Waals surface area contributed by atoms with Crippen LogP contribution in [-0.2, 0) is 13.5 Å². The zero-order valence-electron chi connectivity index (χ0n) is 13.2. The van der Waals surface area contributed by atoms with Crippen molar-refractivity contribution in [3.63, 3.8) is 0 Å². The van der Waals surface area contributed by atoms with Gasteiger partial charge in [-0.1, -0.05) is 12.1 Å². The van der Waals surface area contributed by atoms with E-state index in [0.29, 0.717) is 6.54 Å². The summed E-state index contributed by atoms with van der Waals surface area (Å²) in [6.07, 6.45) is 2.36. The highest BCUT2D eigenvalue weighted by molar-refractivity contribution is 5.93. The molecule has 0 aliphatic heterocycles. The molecule has 1 amide bonds. The zero-order chi connectivity index (χ0) is 16.1. The number of aromatic nitrogens is 1. The number of carbonyl (C=O) groups excluding carboxylic acids is 1. The van der Waals surface area contributed by atoms with Crippen molar-refractivity contribution in [1.82, 2.24) is 9.88 Å². The summed E-state index contributed by atoms with van der Waals surface area (Å²) in [5.41, 5.74) is 2.18. The zero-order valence-corrected chi connectivity index (χ0v) is 13.2. The summed E-state index contributed by atoms with van der Waals surface area (Å²) in [4.78, 5) is 25.9. The highest BCUT2D eigenvalue weighted by Gasteiger charge is 2.10. The maximum atomic E-state index is 12.0. The average molecular weight is 299 g/mol. The summed E-state index contributed by atoms with van der Waals surface area (Å²) in [5, 5.41) is 2.79. The number of nitrogens with one attached hydrogen (secondary N) is 1. The largest absolute Gasteiger partial charge is 0.378 e. The number of benzene rings is 1. The number of hydrogen-bond donors (Lipinski definition) is 1. The highest BCUT2D eigenvalue weighted by atomic mass is 16.2. The van der Waals surface area contributed by atoms with Crippen LogP contribution in [0.3, 0.4) is 0 Å². The van der Waals surface area contributed by atoms with Crippen LogP contribution in [0.5, 0.6) is 0 Å². The molecule has 0 fully saturated rings. The van der Waals surface area contributed by atoms with Gasteiger partial charge in [0, 0.05) is 39.6 Å². The second-order valence-electron chi connectivity index (χ2n) is 5.40. The molecule has 0 aliphatic carbocycles. The molecule has 0 unspecified atom stereocenters. The van der Waals surface area contributed by atoms with Crippen molar-refractivity contribution in [2.45, 2.75) is 6.42 Å². The van der Waals surface area contributed by atoms with E-state index >= 15 is 0 Å². The van der Waals surface area contributed by atoms with Crippen molar-refractivity contribution >= 4 is 11.6 Å². The van der Waals surface area contributed by atoms with E-state index in [-0.39, 0.29) is 17.0 Å². The van der Waals surface area contributed by atoms with E-state index < -0.39 is 0 Å². The molecule has 0 saturated heterocycles. The number of hydrogen-bond acceptors (Lipinski definition) is 3. The third-order valence-electron chi connectivity index (χ3n) is 3.52. The van der Waals surface area contributed by atoms with E-state index in [9.17, 15) is 9.59 Å². The molecule has 1 aromatic heterocycles. The van der Waals surface area contributed by atoms with Crippen molar-refractivity contribution in [1.29, 1.82) is 0 Å². The third-order valence-corrected chi connectivity index (χ3v) is 3.52. The fourth-order valence-electron chi connectivity index (χ4n) is 2.15. The summed E-state index contributed by atoms with van der Waals surface area (Å²) >= 11 is 0. The normalized spacial score (nSPS) is 10.3. The topological polar surface area (TPSA) is 54.3 Å². The fourth-order valence-corrected chi connectivity index (χ4v) is 2.15. The quantitative estimate of drug-likeness (QED) is 0.908. The van der Waals surface area contributed by atoms with Crippen molar-refractivity contribution in [2.75, 3.05) is 25.5 Å². The van der Waals surface area contributed by atoms with Gasteiger partial charge in [-0.05, 0) is 36.2 Å². The molecule has 5 nitrogen and oxygen atoms in total. The molecule has 0 atom stereocenters. The second-order valence-corrected chi connectivity index (χ2v) is 5.40. The molecule has 5 heteroatoms. The lowest BCUT2D eigenvalue weighted by Gasteiger charge is -2.12. The van der Waals surface area contributed by atoms with Gasteiger partial charge in [-0.25, -0.2) is 0 Å². The van der Waals surface area contributed by atoms with Gasteiger partial charge < -0.3 is 14.8 Å². The lowest BCUT2D eigenvalue weighted by atomic mass is 10.1. The molecule has 0 aliphatic rings. The van der Waals surface area contributed by atoms with Crippen molar-refractivity contribution in [3.05, 3.63) is 64.1 Å².